The molecule has 0 radical (unpaired) electrons. The van der Waals surface area contributed by atoms with E-state index in [0.717, 1.165) is 0 Å². The van der Waals surface area contributed by atoms with Crippen molar-refractivity contribution in [3.05, 3.63) is 58.1 Å². The number of nitrogens with one attached hydrogen (secondary N) is 1. The number of nitro groups is 1. The average molecular weight is 302 g/mol. The van der Waals surface area contributed by atoms with Gasteiger partial charge in [0.05, 0.1) is 24.7 Å². The van der Waals surface area contributed by atoms with E-state index >= 15 is 0 Å². The molecule has 2 aromatic rings. The zero-order chi connectivity index (χ0) is 16.1. The lowest BCUT2D eigenvalue weighted by Crippen LogP contribution is -2.13. The Morgan fingerprint density at radius 3 is 2.32 bits per heavy atom. The van der Waals surface area contributed by atoms with E-state index in [-0.39, 0.29) is 5.69 Å². The van der Waals surface area contributed by atoms with E-state index in [4.69, 9.17) is 9.47 Å². The van der Waals surface area contributed by atoms with Gasteiger partial charge in [0.15, 0.2) is 11.5 Å². The number of para-hydroxylation sites is 1. The molecule has 0 heterocycles. The zero-order valence-corrected chi connectivity index (χ0v) is 12.0. The topological polar surface area (TPSA) is 90.7 Å². The number of carbonyl (C=O) groups is 1. The van der Waals surface area contributed by atoms with Gasteiger partial charge in [0.2, 0.25) is 0 Å². The van der Waals surface area contributed by atoms with Gasteiger partial charge >= 0.3 is 0 Å². The Labute approximate surface area is 126 Å². The fraction of sp³-hybridized carbons (Fsp3) is 0.133. The number of hydrogen-bond acceptors (Lipinski definition) is 5. The van der Waals surface area contributed by atoms with Crippen molar-refractivity contribution in [2.75, 3.05) is 19.5 Å². The second-order valence-corrected chi connectivity index (χ2v) is 4.30. The molecule has 0 aromatic heterocycles. The Hall–Kier alpha value is -3.09. The molecule has 0 bridgehead atoms. The molecule has 7 heteroatoms. The maximum absolute atomic E-state index is 12.3. The molecule has 0 fully saturated rings. The van der Waals surface area contributed by atoms with Crippen LogP contribution in [0.15, 0.2) is 42.5 Å². The summed E-state index contributed by atoms with van der Waals surface area (Å²) < 4.78 is 10.3. The number of carbonyl (C=O) groups excluding carboxylic acids is 1. The maximum Gasteiger partial charge on any atom is 0.269 e. The van der Waals surface area contributed by atoms with Crippen LogP contribution in [-0.2, 0) is 0 Å². The molecule has 22 heavy (non-hydrogen) atoms. The molecule has 114 valence electrons. The Kier molecular flexibility index (Phi) is 4.57. The summed E-state index contributed by atoms with van der Waals surface area (Å²) in [6.45, 7) is 0. The van der Waals surface area contributed by atoms with Gasteiger partial charge in [0.25, 0.3) is 11.6 Å². The molecule has 0 spiro atoms. The molecule has 2 aromatic carbocycles. The maximum atomic E-state index is 12.3. The highest BCUT2D eigenvalue weighted by Gasteiger charge is 2.16. The number of hydrogen-bond donors (Lipinski definition) is 1. The Balaban J connectivity index is 2.24. The van der Waals surface area contributed by atoms with Crippen molar-refractivity contribution in [1.29, 1.82) is 0 Å². The van der Waals surface area contributed by atoms with Gasteiger partial charge < -0.3 is 14.8 Å². The number of nitro benzene ring substituents is 1. The van der Waals surface area contributed by atoms with Crippen molar-refractivity contribution in [3.63, 3.8) is 0 Å². The second-order valence-electron chi connectivity index (χ2n) is 4.30. The van der Waals surface area contributed by atoms with Crippen LogP contribution in [-0.4, -0.2) is 25.1 Å². The number of benzene rings is 2. The lowest BCUT2D eigenvalue weighted by Gasteiger charge is -2.12. The van der Waals surface area contributed by atoms with Crippen molar-refractivity contribution < 1.29 is 19.2 Å². The Morgan fingerprint density at radius 1 is 1.09 bits per heavy atom. The molecule has 2 rings (SSSR count). The van der Waals surface area contributed by atoms with Crippen LogP contribution in [0.2, 0.25) is 0 Å². The van der Waals surface area contributed by atoms with Gasteiger partial charge in [-0.05, 0) is 24.3 Å². The number of anilines is 1. The van der Waals surface area contributed by atoms with Crippen LogP contribution in [0.3, 0.4) is 0 Å². The van der Waals surface area contributed by atoms with Crippen LogP contribution in [0, 0.1) is 10.1 Å². The van der Waals surface area contributed by atoms with E-state index < -0.39 is 10.8 Å². The van der Waals surface area contributed by atoms with Crippen molar-refractivity contribution in [3.8, 4) is 11.5 Å². The summed E-state index contributed by atoms with van der Waals surface area (Å²) in [6.07, 6.45) is 0. The first kappa shape index (κ1) is 15.3. The standard InChI is InChI=1S/C15H14N2O5/c1-21-13-5-3-4-12(14(13)22-2)15(18)16-10-6-8-11(9-7-10)17(19)20/h3-9H,1-2H3,(H,16,18). The summed E-state index contributed by atoms with van der Waals surface area (Å²) in [7, 11) is 2.93. The van der Waals surface area contributed by atoms with Crippen LogP contribution in [0.25, 0.3) is 0 Å². The molecular weight excluding hydrogens is 288 g/mol. The monoisotopic (exact) mass is 302 g/mol. The van der Waals surface area contributed by atoms with E-state index in [0.29, 0.717) is 22.7 Å². The Morgan fingerprint density at radius 2 is 1.77 bits per heavy atom. The quantitative estimate of drug-likeness (QED) is 0.677. The molecule has 0 unspecified atom stereocenters. The molecule has 0 saturated heterocycles. The summed E-state index contributed by atoms with van der Waals surface area (Å²) in [5, 5.41) is 13.3. The predicted molar refractivity (Wildman–Crippen MR) is 80.6 cm³/mol. The van der Waals surface area contributed by atoms with Crippen molar-refractivity contribution >= 4 is 17.3 Å². The third kappa shape index (κ3) is 3.14. The van der Waals surface area contributed by atoms with Crippen LogP contribution in [0.5, 0.6) is 11.5 Å². The lowest BCUT2D eigenvalue weighted by molar-refractivity contribution is -0.384. The highest BCUT2D eigenvalue weighted by atomic mass is 16.6. The summed E-state index contributed by atoms with van der Waals surface area (Å²) in [6, 6.07) is 10.5. The molecular formula is C15H14N2O5. The molecule has 0 saturated carbocycles. The van der Waals surface area contributed by atoms with Crippen LogP contribution < -0.4 is 14.8 Å². The van der Waals surface area contributed by atoms with E-state index in [9.17, 15) is 14.9 Å². The van der Waals surface area contributed by atoms with Gasteiger partial charge in [-0.25, -0.2) is 0 Å². The third-order valence-corrected chi connectivity index (χ3v) is 2.98. The van der Waals surface area contributed by atoms with Crippen molar-refractivity contribution in [2.24, 2.45) is 0 Å². The minimum atomic E-state index is -0.503. The summed E-state index contributed by atoms with van der Waals surface area (Å²) in [5.74, 6) is 0.368. The van der Waals surface area contributed by atoms with E-state index in [1.54, 1.807) is 18.2 Å². The first-order valence-electron chi connectivity index (χ1n) is 6.33. The zero-order valence-electron chi connectivity index (χ0n) is 12.0. The molecule has 0 aliphatic carbocycles. The number of rotatable bonds is 5. The molecule has 7 nitrogen and oxygen atoms in total. The summed E-state index contributed by atoms with van der Waals surface area (Å²) >= 11 is 0. The minimum absolute atomic E-state index is 0.0445. The normalized spacial score (nSPS) is 9.91. The van der Waals surface area contributed by atoms with Crippen molar-refractivity contribution in [1.82, 2.24) is 0 Å². The van der Waals surface area contributed by atoms with E-state index in [1.807, 2.05) is 0 Å². The van der Waals surface area contributed by atoms with Gasteiger partial charge in [-0.15, -0.1) is 0 Å². The molecule has 0 atom stereocenters. The van der Waals surface area contributed by atoms with Gasteiger partial charge in [-0.3, -0.25) is 14.9 Å². The highest BCUT2D eigenvalue weighted by Crippen LogP contribution is 2.31. The largest absolute Gasteiger partial charge is 0.493 e. The van der Waals surface area contributed by atoms with Gasteiger partial charge in [0.1, 0.15) is 0 Å². The first-order chi connectivity index (χ1) is 10.6. The summed E-state index contributed by atoms with van der Waals surface area (Å²) in [5.41, 5.74) is 0.706. The smallest absolute Gasteiger partial charge is 0.269 e. The van der Waals surface area contributed by atoms with Crippen LogP contribution in [0.4, 0.5) is 11.4 Å². The number of amides is 1. The molecule has 1 amide bonds. The Bertz CT molecular complexity index is 698. The highest BCUT2D eigenvalue weighted by molar-refractivity contribution is 6.06. The third-order valence-electron chi connectivity index (χ3n) is 2.98. The average Bonchev–Trinajstić information content (AvgIpc) is 2.54. The van der Waals surface area contributed by atoms with Gasteiger partial charge in [0, 0.05) is 17.8 Å². The van der Waals surface area contributed by atoms with E-state index in [1.165, 1.54) is 38.5 Å². The van der Waals surface area contributed by atoms with Crippen LogP contribution in [0.1, 0.15) is 10.4 Å². The van der Waals surface area contributed by atoms with Crippen LogP contribution >= 0.6 is 0 Å². The number of nitrogens with zero attached hydrogens (tertiary/aromatic N) is 1. The summed E-state index contributed by atoms with van der Waals surface area (Å²) in [4.78, 5) is 22.4. The number of non-ortho nitro benzene ring substituents is 1. The lowest BCUT2D eigenvalue weighted by atomic mass is 10.1. The second kappa shape index (κ2) is 6.57. The minimum Gasteiger partial charge on any atom is -0.493 e. The predicted octanol–water partition coefficient (Wildman–Crippen LogP) is 2.86. The SMILES string of the molecule is COc1cccc(C(=O)Nc2ccc([N+](=O)[O-])cc2)c1OC. The van der Waals surface area contributed by atoms with Gasteiger partial charge in [-0.1, -0.05) is 6.07 Å². The van der Waals surface area contributed by atoms with E-state index in [2.05, 4.69) is 5.32 Å². The fourth-order valence-corrected chi connectivity index (χ4v) is 1.93. The number of ether oxygens (including phenoxy) is 2. The van der Waals surface area contributed by atoms with Crippen molar-refractivity contribution in [2.45, 2.75) is 0 Å². The molecule has 0 aliphatic rings. The fourth-order valence-electron chi connectivity index (χ4n) is 1.93. The first-order valence-corrected chi connectivity index (χ1v) is 6.33. The molecule has 0 aliphatic heterocycles. The van der Waals surface area contributed by atoms with Gasteiger partial charge in [-0.2, -0.15) is 0 Å². The molecule has 1 N–H and O–H groups in total. The number of methoxy groups -OCH3 is 2.